The van der Waals surface area contributed by atoms with Crippen molar-refractivity contribution in [3.63, 3.8) is 0 Å². The van der Waals surface area contributed by atoms with E-state index in [1.165, 1.54) is 7.11 Å². The van der Waals surface area contributed by atoms with Crippen LogP contribution in [0.5, 0.6) is 0 Å². The Balaban J connectivity index is 1.24. The van der Waals surface area contributed by atoms with Crippen LogP contribution in [0.25, 0.3) is 0 Å². The first-order valence-corrected chi connectivity index (χ1v) is 15.3. The summed E-state index contributed by atoms with van der Waals surface area (Å²) >= 11 is 0. The van der Waals surface area contributed by atoms with E-state index in [9.17, 15) is 9.59 Å². The Morgan fingerprint density at radius 3 is 2.69 bits per heavy atom. The minimum atomic E-state index is -0.562. The molecule has 0 spiro atoms. The standard InChI is InChI=1S/C31H45N5O6/c1-22(27-19-35(14-6-13-33-31(38)39-2)29(34-27)24-11-15-40-16-12-24)36(25-9-10-25)30(37)28-18-32-17-26(42-28)21-41-20-23-7-4-3-5-8-23/h3-5,7-8,19,22,24-26,28,32H,6,9-18,20-21H2,1-2H3,(H,33,38)/t22-,26-,28+/m0/s1. The maximum Gasteiger partial charge on any atom is 0.406 e. The van der Waals surface area contributed by atoms with E-state index in [1.54, 1.807) is 0 Å². The second-order valence-electron chi connectivity index (χ2n) is 11.4. The molecule has 1 aromatic heterocycles. The number of imidazole rings is 1. The third-order valence-corrected chi connectivity index (χ3v) is 8.23. The Morgan fingerprint density at radius 1 is 1.17 bits per heavy atom. The summed E-state index contributed by atoms with van der Waals surface area (Å²) in [7, 11) is 1.36. The molecule has 0 bridgehead atoms. The van der Waals surface area contributed by atoms with Gasteiger partial charge >= 0.3 is 6.09 Å². The van der Waals surface area contributed by atoms with Crippen LogP contribution in [0, 0.1) is 0 Å². The van der Waals surface area contributed by atoms with Gasteiger partial charge in [0.1, 0.15) is 11.9 Å². The van der Waals surface area contributed by atoms with Crippen LogP contribution in [0.3, 0.4) is 0 Å². The number of rotatable bonds is 13. The van der Waals surface area contributed by atoms with Gasteiger partial charge in [0.25, 0.3) is 5.91 Å². The highest BCUT2D eigenvalue weighted by Gasteiger charge is 2.42. The number of benzene rings is 1. The predicted molar refractivity (Wildman–Crippen MR) is 156 cm³/mol. The minimum absolute atomic E-state index is 0.00898. The highest BCUT2D eigenvalue weighted by molar-refractivity contribution is 5.82. The number of aromatic nitrogens is 2. The number of carbonyl (C=O) groups excluding carboxylic acids is 2. The van der Waals surface area contributed by atoms with Crippen LogP contribution >= 0.6 is 0 Å². The van der Waals surface area contributed by atoms with Crippen molar-refractivity contribution in [1.82, 2.24) is 25.1 Å². The average Bonchev–Trinajstić information content (AvgIpc) is 3.77. The van der Waals surface area contributed by atoms with E-state index in [4.69, 9.17) is 19.2 Å². The third kappa shape index (κ3) is 8.09. The van der Waals surface area contributed by atoms with Crippen LogP contribution < -0.4 is 10.6 Å². The predicted octanol–water partition coefficient (Wildman–Crippen LogP) is 3.15. The zero-order valence-corrected chi connectivity index (χ0v) is 24.8. The van der Waals surface area contributed by atoms with Crippen molar-refractivity contribution in [3.8, 4) is 0 Å². The molecule has 2 aromatic rings. The first kappa shape index (κ1) is 30.5. The number of aryl methyl sites for hydroxylation is 1. The lowest BCUT2D eigenvalue weighted by Gasteiger charge is -2.36. The van der Waals surface area contributed by atoms with Crippen molar-refractivity contribution in [2.24, 2.45) is 0 Å². The lowest BCUT2D eigenvalue weighted by atomic mass is 9.99. The van der Waals surface area contributed by atoms with Crippen LogP contribution in [0.15, 0.2) is 36.5 Å². The number of carbonyl (C=O) groups is 2. The molecule has 3 heterocycles. The van der Waals surface area contributed by atoms with Crippen LogP contribution in [0.1, 0.15) is 68.1 Å². The van der Waals surface area contributed by atoms with Gasteiger partial charge in [0, 0.05) is 57.5 Å². The number of nitrogens with one attached hydrogen (secondary N) is 2. The number of amides is 2. The molecule has 2 saturated heterocycles. The maximum absolute atomic E-state index is 13.9. The number of hydrogen-bond donors (Lipinski definition) is 2. The molecule has 1 saturated carbocycles. The fraction of sp³-hybridized carbons (Fsp3) is 0.645. The van der Waals surface area contributed by atoms with Gasteiger partial charge in [0.15, 0.2) is 0 Å². The van der Waals surface area contributed by atoms with Gasteiger partial charge in [-0.2, -0.15) is 0 Å². The SMILES string of the molecule is COC(=O)NCCCn1cc([C@H](C)N(C(=O)[C@H]2CNC[C@@H](COCc3ccccc3)O2)C2CC2)nc1C1CCOCC1. The molecule has 1 aliphatic carbocycles. The first-order valence-electron chi connectivity index (χ1n) is 15.3. The molecule has 2 aliphatic heterocycles. The number of morpholine rings is 1. The molecule has 5 rings (SSSR count). The molecule has 3 fully saturated rings. The van der Waals surface area contributed by atoms with E-state index in [2.05, 4.69) is 33.1 Å². The molecule has 3 aliphatic rings. The van der Waals surface area contributed by atoms with E-state index >= 15 is 0 Å². The first-order chi connectivity index (χ1) is 20.5. The summed E-state index contributed by atoms with van der Waals surface area (Å²) in [5.74, 6) is 1.35. The average molecular weight is 584 g/mol. The minimum Gasteiger partial charge on any atom is -0.453 e. The Bertz CT molecular complexity index is 1150. The molecule has 3 atom stereocenters. The van der Waals surface area contributed by atoms with Gasteiger partial charge in [-0.05, 0) is 44.6 Å². The Kier molecular flexibility index (Phi) is 10.8. The van der Waals surface area contributed by atoms with E-state index in [0.717, 1.165) is 62.4 Å². The fourth-order valence-corrected chi connectivity index (χ4v) is 5.80. The van der Waals surface area contributed by atoms with Gasteiger partial charge in [-0.3, -0.25) is 4.79 Å². The van der Waals surface area contributed by atoms with Crippen molar-refractivity contribution in [1.29, 1.82) is 0 Å². The van der Waals surface area contributed by atoms with Gasteiger partial charge < -0.3 is 39.0 Å². The van der Waals surface area contributed by atoms with E-state index in [-0.39, 0.29) is 24.1 Å². The lowest BCUT2D eigenvalue weighted by Crippen LogP contribution is -2.54. The van der Waals surface area contributed by atoms with Gasteiger partial charge in [0.2, 0.25) is 0 Å². The number of hydrogen-bond acceptors (Lipinski definition) is 8. The normalized spacial score (nSPS) is 22.0. The zero-order valence-electron chi connectivity index (χ0n) is 24.8. The third-order valence-electron chi connectivity index (χ3n) is 8.23. The topological polar surface area (TPSA) is 116 Å². The van der Waals surface area contributed by atoms with Crippen molar-refractivity contribution in [2.45, 2.75) is 82.4 Å². The molecular formula is C31H45N5O6. The smallest absolute Gasteiger partial charge is 0.406 e. The summed E-state index contributed by atoms with van der Waals surface area (Å²) in [4.78, 5) is 32.6. The highest BCUT2D eigenvalue weighted by atomic mass is 16.5. The molecular weight excluding hydrogens is 538 g/mol. The van der Waals surface area contributed by atoms with Crippen molar-refractivity contribution in [3.05, 3.63) is 53.6 Å². The van der Waals surface area contributed by atoms with Gasteiger partial charge in [-0.25, -0.2) is 9.78 Å². The van der Waals surface area contributed by atoms with E-state index < -0.39 is 12.2 Å². The molecule has 0 radical (unpaired) electrons. The zero-order chi connectivity index (χ0) is 29.3. The summed E-state index contributed by atoms with van der Waals surface area (Å²) in [6.07, 6.45) is 5.49. The summed E-state index contributed by atoms with van der Waals surface area (Å²) in [5, 5.41) is 6.13. The molecule has 0 unspecified atom stereocenters. The molecule has 230 valence electrons. The number of methoxy groups -OCH3 is 1. The van der Waals surface area contributed by atoms with Crippen molar-refractivity contribution < 1.29 is 28.5 Å². The van der Waals surface area contributed by atoms with Crippen LogP contribution in [0.4, 0.5) is 4.79 Å². The van der Waals surface area contributed by atoms with E-state index in [0.29, 0.717) is 45.3 Å². The molecule has 2 N–H and O–H groups in total. The molecule has 11 heteroatoms. The quantitative estimate of drug-likeness (QED) is 0.346. The largest absolute Gasteiger partial charge is 0.453 e. The summed E-state index contributed by atoms with van der Waals surface area (Å²) in [5.41, 5.74) is 2.01. The van der Waals surface area contributed by atoms with E-state index in [1.807, 2.05) is 35.2 Å². The van der Waals surface area contributed by atoms with Crippen LogP contribution in [-0.2, 0) is 36.9 Å². The molecule has 2 amide bonds. The van der Waals surface area contributed by atoms with Crippen molar-refractivity contribution in [2.75, 3.05) is 46.6 Å². The van der Waals surface area contributed by atoms with Gasteiger partial charge in [-0.15, -0.1) is 0 Å². The van der Waals surface area contributed by atoms with Gasteiger partial charge in [0.05, 0.1) is 38.2 Å². The number of alkyl carbamates (subject to hydrolysis) is 1. The van der Waals surface area contributed by atoms with Crippen LogP contribution in [-0.4, -0.2) is 91.3 Å². The summed E-state index contributed by atoms with van der Waals surface area (Å²) < 4.78 is 24.7. The Labute approximate surface area is 248 Å². The summed E-state index contributed by atoms with van der Waals surface area (Å²) in [6, 6.07) is 10.1. The van der Waals surface area contributed by atoms with Crippen molar-refractivity contribution >= 4 is 12.0 Å². The van der Waals surface area contributed by atoms with Gasteiger partial charge in [-0.1, -0.05) is 30.3 Å². The summed E-state index contributed by atoms with van der Waals surface area (Å²) in [6.45, 7) is 6.83. The highest BCUT2D eigenvalue weighted by Crippen LogP contribution is 2.36. The second kappa shape index (κ2) is 15.0. The maximum atomic E-state index is 13.9. The number of ether oxygens (including phenoxy) is 4. The van der Waals surface area contributed by atoms with Crippen LogP contribution in [0.2, 0.25) is 0 Å². The number of nitrogens with zero attached hydrogens (tertiary/aromatic N) is 3. The fourth-order valence-electron chi connectivity index (χ4n) is 5.80. The monoisotopic (exact) mass is 583 g/mol. The Morgan fingerprint density at radius 2 is 1.95 bits per heavy atom. The second-order valence-corrected chi connectivity index (χ2v) is 11.4. The molecule has 1 aromatic carbocycles. The lowest BCUT2D eigenvalue weighted by molar-refractivity contribution is -0.157. The molecule has 42 heavy (non-hydrogen) atoms. The Hall–Kier alpha value is -2.99. The molecule has 11 nitrogen and oxygen atoms in total.